The van der Waals surface area contributed by atoms with Crippen LogP contribution in [-0.2, 0) is 0 Å². The summed E-state index contributed by atoms with van der Waals surface area (Å²) in [5.41, 5.74) is 0.832. The third-order valence-corrected chi connectivity index (χ3v) is 4.96. The predicted octanol–water partition coefficient (Wildman–Crippen LogP) is 5.58. The summed E-state index contributed by atoms with van der Waals surface area (Å²) in [6.07, 6.45) is -0.723. The molecular formula is C16H22F3NS. The van der Waals surface area contributed by atoms with Gasteiger partial charge in [-0.3, -0.25) is 0 Å². The van der Waals surface area contributed by atoms with Crippen LogP contribution in [0, 0.1) is 11.8 Å². The molecule has 0 radical (unpaired) electrons. The molecule has 0 amide bonds. The number of para-hydroxylation sites is 1. The third-order valence-electron chi connectivity index (χ3n) is 3.82. The van der Waals surface area contributed by atoms with Gasteiger partial charge >= 0.3 is 6.18 Å². The Morgan fingerprint density at radius 3 is 2.33 bits per heavy atom. The first kappa shape index (κ1) is 16.5. The van der Waals surface area contributed by atoms with Crippen LogP contribution in [0.5, 0.6) is 0 Å². The van der Waals surface area contributed by atoms with Gasteiger partial charge in [-0.05, 0) is 43.2 Å². The molecule has 1 N–H and O–H groups in total. The van der Waals surface area contributed by atoms with Crippen LogP contribution in [0.3, 0.4) is 0 Å². The number of hydrogen-bond acceptors (Lipinski definition) is 2. The molecular weight excluding hydrogens is 295 g/mol. The number of rotatable bonds is 4. The van der Waals surface area contributed by atoms with E-state index in [4.69, 9.17) is 0 Å². The quantitative estimate of drug-likeness (QED) is 0.728. The van der Waals surface area contributed by atoms with Gasteiger partial charge in [0.25, 0.3) is 0 Å². The smallest absolute Gasteiger partial charge is 0.381 e. The van der Waals surface area contributed by atoms with Crippen molar-refractivity contribution in [3.05, 3.63) is 24.3 Å². The van der Waals surface area contributed by atoms with Gasteiger partial charge < -0.3 is 5.32 Å². The van der Waals surface area contributed by atoms with Crippen LogP contribution in [0.4, 0.5) is 18.9 Å². The largest absolute Gasteiger partial charge is 0.398 e. The Hall–Kier alpha value is -0.840. The van der Waals surface area contributed by atoms with Crippen molar-refractivity contribution in [2.45, 2.75) is 50.2 Å². The topological polar surface area (TPSA) is 12.0 Å². The Balaban J connectivity index is 2.02. The second-order valence-electron chi connectivity index (χ2n) is 6.16. The van der Waals surface area contributed by atoms with Crippen LogP contribution in [0.2, 0.25) is 0 Å². The summed E-state index contributed by atoms with van der Waals surface area (Å²) in [6.45, 7) is 4.49. The average molecular weight is 317 g/mol. The Kier molecular flexibility index (Phi) is 5.47. The fourth-order valence-corrected chi connectivity index (χ4v) is 3.93. The van der Waals surface area contributed by atoms with E-state index < -0.39 is 11.9 Å². The van der Waals surface area contributed by atoms with Crippen molar-refractivity contribution in [2.24, 2.45) is 11.8 Å². The Bertz CT molecular complexity index is 451. The molecule has 2 atom stereocenters. The highest BCUT2D eigenvalue weighted by atomic mass is 32.2. The van der Waals surface area contributed by atoms with Gasteiger partial charge in [0.15, 0.2) is 0 Å². The number of benzene rings is 1. The van der Waals surface area contributed by atoms with Gasteiger partial charge in [-0.1, -0.05) is 26.0 Å². The minimum absolute atomic E-state index is 0.358. The molecule has 1 aromatic rings. The molecule has 1 saturated carbocycles. The fourth-order valence-electron chi connectivity index (χ4n) is 3.16. The van der Waals surface area contributed by atoms with Crippen LogP contribution in [0.25, 0.3) is 0 Å². The molecule has 0 saturated heterocycles. The lowest BCUT2D eigenvalue weighted by Crippen LogP contribution is -2.30. The first-order chi connectivity index (χ1) is 9.83. The van der Waals surface area contributed by atoms with E-state index >= 15 is 0 Å². The Morgan fingerprint density at radius 2 is 1.71 bits per heavy atom. The van der Waals surface area contributed by atoms with Gasteiger partial charge in [0.2, 0.25) is 0 Å². The zero-order valence-electron chi connectivity index (χ0n) is 12.4. The van der Waals surface area contributed by atoms with Crippen LogP contribution in [-0.4, -0.2) is 18.0 Å². The summed E-state index contributed by atoms with van der Waals surface area (Å²) in [6, 6.07) is 7.65. The van der Waals surface area contributed by atoms with Crippen molar-refractivity contribution in [1.29, 1.82) is 0 Å². The fraction of sp³-hybridized carbons (Fsp3) is 0.625. The number of anilines is 1. The molecule has 1 aliphatic rings. The number of thioether (sulfide) groups is 1. The third kappa shape index (κ3) is 5.46. The number of alkyl halides is 3. The minimum Gasteiger partial charge on any atom is -0.381 e. The molecule has 2 rings (SSSR count). The molecule has 118 valence electrons. The molecule has 0 aromatic heterocycles. The molecule has 5 heteroatoms. The lowest BCUT2D eigenvalue weighted by atomic mass is 9.80. The molecule has 1 nitrogen and oxygen atoms in total. The molecule has 21 heavy (non-hydrogen) atoms. The standard InChI is InChI=1S/C16H22F3NS/c1-11-7-12(2)9-13(8-11)20-14-5-3-4-6-15(14)21-10-16(17,18)19/h3-6,11-13,20H,7-10H2,1-2H3. The maximum absolute atomic E-state index is 12.4. The van der Waals surface area contributed by atoms with Gasteiger partial charge in [0.05, 0.1) is 5.75 Å². The monoisotopic (exact) mass is 317 g/mol. The van der Waals surface area contributed by atoms with E-state index in [-0.39, 0.29) is 0 Å². The summed E-state index contributed by atoms with van der Waals surface area (Å²) in [4.78, 5) is 0.681. The van der Waals surface area contributed by atoms with E-state index in [0.29, 0.717) is 22.8 Å². The molecule has 2 unspecified atom stereocenters. The summed E-state index contributed by atoms with van der Waals surface area (Å²) in [5.74, 6) is 0.492. The van der Waals surface area contributed by atoms with Crippen molar-refractivity contribution in [3.8, 4) is 0 Å². The molecule has 0 aliphatic heterocycles. The van der Waals surface area contributed by atoms with Gasteiger partial charge in [0.1, 0.15) is 0 Å². The molecule has 1 fully saturated rings. The van der Waals surface area contributed by atoms with Crippen molar-refractivity contribution in [3.63, 3.8) is 0 Å². The van der Waals surface area contributed by atoms with Crippen molar-refractivity contribution in [2.75, 3.05) is 11.1 Å². The predicted molar refractivity (Wildman–Crippen MR) is 82.8 cm³/mol. The van der Waals surface area contributed by atoms with Crippen LogP contribution < -0.4 is 5.32 Å². The van der Waals surface area contributed by atoms with Gasteiger partial charge in [0, 0.05) is 16.6 Å². The first-order valence-electron chi connectivity index (χ1n) is 7.38. The van der Waals surface area contributed by atoms with E-state index in [1.54, 1.807) is 12.1 Å². The number of nitrogens with one attached hydrogen (secondary N) is 1. The highest BCUT2D eigenvalue weighted by Gasteiger charge is 2.28. The highest BCUT2D eigenvalue weighted by Crippen LogP contribution is 2.35. The van der Waals surface area contributed by atoms with Crippen molar-refractivity contribution in [1.82, 2.24) is 0 Å². The number of hydrogen-bond donors (Lipinski definition) is 1. The Labute approximate surface area is 128 Å². The van der Waals surface area contributed by atoms with Crippen LogP contribution in [0.1, 0.15) is 33.1 Å². The second-order valence-corrected chi connectivity index (χ2v) is 7.18. The van der Waals surface area contributed by atoms with Crippen molar-refractivity contribution >= 4 is 17.4 Å². The van der Waals surface area contributed by atoms with E-state index in [1.165, 1.54) is 6.42 Å². The summed E-state index contributed by atoms with van der Waals surface area (Å²) < 4.78 is 37.2. The zero-order chi connectivity index (χ0) is 15.5. The zero-order valence-corrected chi connectivity index (χ0v) is 13.2. The second kappa shape index (κ2) is 6.95. The van der Waals surface area contributed by atoms with E-state index in [1.807, 2.05) is 12.1 Å². The molecule has 0 spiro atoms. The molecule has 1 aliphatic carbocycles. The van der Waals surface area contributed by atoms with E-state index in [0.717, 1.165) is 30.3 Å². The maximum Gasteiger partial charge on any atom is 0.398 e. The summed E-state index contributed by atoms with van der Waals surface area (Å²) >= 11 is 0.857. The van der Waals surface area contributed by atoms with Crippen molar-refractivity contribution < 1.29 is 13.2 Å². The SMILES string of the molecule is CC1CC(C)CC(Nc2ccccc2SCC(F)(F)F)C1. The normalized spacial score (nSPS) is 26.6. The number of halogens is 3. The lowest BCUT2D eigenvalue weighted by molar-refractivity contribution is -0.105. The first-order valence-corrected chi connectivity index (χ1v) is 8.37. The molecule has 0 heterocycles. The average Bonchev–Trinajstić information content (AvgIpc) is 2.35. The summed E-state index contributed by atoms with van der Waals surface area (Å²) in [5, 5.41) is 3.46. The van der Waals surface area contributed by atoms with Gasteiger partial charge in [-0.15, -0.1) is 11.8 Å². The molecule has 0 bridgehead atoms. The summed E-state index contributed by atoms with van der Waals surface area (Å²) in [7, 11) is 0. The van der Waals surface area contributed by atoms with E-state index in [2.05, 4.69) is 19.2 Å². The van der Waals surface area contributed by atoms with Gasteiger partial charge in [-0.25, -0.2) is 0 Å². The maximum atomic E-state index is 12.4. The Morgan fingerprint density at radius 1 is 1.10 bits per heavy atom. The van der Waals surface area contributed by atoms with Crippen LogP contribution >= 0.6 is 11.8 Å². The van der Waals surface area contributed by atoms with Crippen LogP contribution in [0.15, 0.2) is 29.2 Å². The highest BCUT2D eigenvalue weighted by molar-refractivity contribution is 7.99. The molecule has 1 aromatic carbocycles. The van der Waals surface area contributed by atoms with Gasteiger partial charge in [-0.2, -0.15) is 13.2 Å². The van der Waals surface area contributed by atoms with E-state index in [9.17, 15) is 13.2 Å². The minimum atomic E-state index is -4.13. The lowest BCUT2D eigenvalue weighted by Gasteiger charge is -2.33.